The highest BCUT2D eigenvalue weighted by Crippen LogP contribution is 2.37. The number of primary sulfonamides is 1. The fourth-order valence-electron chi connectivity index (χ4n) is 4.79. The number of fused-ring (bicyclic) bond motifs is 1. The van der Waals surface area contributed by atoms with Gasteiger partial charge in [-0.05, 0) is 35.7 Å². The van der Waals surface area contributed by atoms with Crippen molar-refractivity contribution in [1.29, 1.82) is 0 Å². The molecule has 1 fully saturated rings. The third-order valence-electron chi connectivity index (χ3n) is 6.95. The zero-order chi connectivity index (χ0) is 30.8. The second-order valence-corrected chi connectivity index (χ2v) is 11.2. The molecule has 2 atom stereocenters. The van der Waals surface area contributed by atoms with E-state index in [9.17, 15) is 46.9 Å². The summed E-state index contributed by atoms with van der Waals surface area (Å²) in [6.07, 6.45) is -0.338. The Bertz CT molecular complexity index is 1540. The number of nitrogens with two attached hydrogens (primary N) is 1. The van der Waals surface area contributed by atoms with Crippen LogP contribution in [0.2, 0.25) is 5.82 Å². The maximum absolute atomic E-state index is 13.6. The SMILES string of the molecule is NS(=O)(=O)c1ccc(C(NC(=O)N2CCN(CCF)C(=O)C2=O)C(=O)C[C@H]2Cc3cccc(C(=O)O)c3OB2O)cc1. The molecule has 222 valence electrons. The van der Waals surface area contributed by atoms with Crippen LogP contribution in [0.15, 0.2) is 47.4 Å². The van der Waals surface area contributed by atoms with Crippen molar-refractivity contribution in [3.8, 4) is 5.75 Å². The first-order valence-corrected chi connectivity index (χ1v) is 14.2. The van der Waals surface area contributed by atoms with Crippen molar-refractivity contribution in [1.82, 2.24) is 15.1 Å². The lowest BCUT2D eigenvalue weighted by Gasteiger charge is -2.33. The number of urea groups is 1. The highest BCUT2D eigenvalue weighted by molar-refractivity contribution is 7.89. The number of carboxylic acids is 1. The van der Waals surface area contributed by atoms with E-state index in [1.165, 1.54) is 24.3 Å². The van der Waals surface area contributed by atoms with Gasteiger partial charge in [0.1, 0.15) is 18.5 Å². The molecule has 0 spiro atoms. The van der Waals surface area contributed by atoms with E-state index in [1.807, 2.05) is 0 Å². The predicted molar refractivity (Wildman–Crippen MR) is 142 cm³/mol. The summed E-state index contributed by atoms with van der Waals surface area (Å²) in [5.74, 6) is -5.14. The minimum absolute atomic E-state index is 0.0280. The van der Waals surface area contributed by atoms with E-state index in [0.717, 1.165) is 17.0 Å². The molecule has 17 heteroatoms. The summed E-state index contributed by atoms with van der Waals surface area (Å²) in [6.45, 7) is -1.58. The lowest BCUT2D eigenvalue weighted by atomic mass is 9.64. The number of rotatable bonds is 9. The van der Waals surface area contributed by atoms with E-state index < -0.39 is 71.7 Å². The third-order valence-corrected chi connectivity index (χ3v) is 7.88. The number of aromatic carboxylic acids is 1. The van der Waals surface area contributed by atoms with Gasteiger partial charge in [-0.2, -0.15) is 0 Å². The van der Waals surface area contributed by atoms with Crippen LogP contribution in [0, 0.1) is 0 Å². The first kappa shape index (κ1) is 30.6. The molecule has 0 aliphatic carbocycles. The number of hydrogen-bond donors (Lipinski definition) is 4. The van der Waals surface area contributed by atoms with Crippen LogP contribution in [0.3, 0.4) is 0 Å². The van der Waals surface area contributed by atoms with Crippen LogP contribution < -0.4 is 15.1 Å². The number of Topliss-reactive ketones (excluding diaryl/α,β-unsaturated/α-hetero) is 1. The van der Waals surface area contributed by atoms with Crippen LogP contribution in [0.5, 0.6) is 5.75 Å². The summed E-state index contributed by atoms with van der Waals surface area (Å²) in [5.41, 5.74) is 0.379. The monoisotopic (exact) mass is 604 g/mol. The first-order chi connectivity index (χ1) is 19.8. The zero-order valence-corrected chi connectivity index (χ0v) is 22.8. The van der Waals surface area contributed by atoms with Gasteiger partial charge >= 0.3 is 30.9 Å². The van der Waals surface area contributed by atoms with Gasteiger partial charge in [0.25, 0.3) is 0 Å². The molecule has 1 saturated heterocycles. The van der Waals surface area contributed by atoms with Gasteiger partial charge in [0.15, 0.2) is 5.78 Å². The molecule has 4 amide bonds. The molecule has 4 rings (SSSR count). The molecule has 2 aliphatic heterocycles. The van der Waals surface area contributed by atoms with E-state index >= 15 is 0 Å². The Morgan fingerprint density at radius 1 is 1.12 bits per heavy atom. The average Bonchev–Trinajstić information content (AvgIpc) is 2.93. The van der Waals surface area contributed by atoms with Crippen molar-refractivity contribution in [2.45, 2.75) is 29.6 Å². The van der Waals surface area contributed by atoms with Gasteiger partial charge in [-0.25, -0.2) is 27.5 Å². The number of carbonyl (C=O) groups is 5. The van der Waals surface area contributed by atoms with Gasteiger partial charge in [-0.3, -0.25) is 19.3 Å². The van der Waals surface area contributed by atoms with E-state index in [1.54, 1.807) is 6.07 Å². The number of hydrogen-bond acceptors (Lipinski definition) is 9. The maximum Gasteiger partial charge on any atom is 0.526 e. The van der Waals surface area contributed by atoms with Crippen molar-refractivity contribution < 1.29 is 51.6 Å². The Morgan fingerprint density at radius 2 is 1.81 bits per heavy atom. The number of nitrogens with one attached hydrogen (secondary N) is 1. The number of imide groups is 1. The number of ketones is 1. The molecule has 0 saturated carbocycles. The van der Waals surface area contributed by atoms with Crippen LogP contribution in [0.4, 0.5) is 9.18 Å². The van der Waals surface area contributed by atoms with Crippen LogP contribution in [-0.2, 0) is 30.8 Å². The fourth-order valence-corrected chi connectivity index (χ4v) is 5.30. The highest BCUT2D eigenvalue weighted by atomic mass is 32.2. The normalized spacial score (nSPS) is 17.8. The molecule has 0 aromatic heterocycles. The van der Waals surface area contributed by atoms with Gasteiger partial charge in [0.05, 0.1) is 10.5 Å². The number of halogens is 1. The van der Waals surface area contributed by atoms with Crippen molar-refractivity contribution in [2.24, 2.45) is 5.14 Å². The zero-order valence-electron chi connectivity index (χ0n) is 21.9. The maximum atomic E-state index is 13.6. The highest BCUT2D eigenvalue weighted by Gasteiger charge is 2.41. The van der Waals surface area contributed by atoms with Gasteiger partial charge in [0, 0.05) is 31.9 Å². The molecule has 2 aromatic carbocycles. The molecule has 1 unspecified atom stereocenters. The summed E-state index contributed by atoms with van der Waals surface area (Å²) in [7, 11) is -5.66. The fraction of sp³-hybridized carbons (Fsp3) is 0.320. The molecule has 0 bridgehead atoms. The molecule has 5 N–H and O–H groups in total. The summed E-state index contributed by atoms with van der Waals surface area (Å²) >= 11 is 0. The number of sulfonamides is 1. The number of benzene rings is 2. The van der Waals surface area contributed by atoms with Crippen LogP contribution in [0.25, 0.3) is 0 Å². The van der Waals surface area contributed by atoms with Crippen molar-refractivity contribution >= 4 is 46.7 Å². The number of amides is 4. The van der Waals surface area contributed by atoms with Crippen LogP contribution in [0.1, 0.15) is 33.9 Å². The molecule has 2 heterocycles. The molecule has 14 nitrogen and oxygen atoms in total. The lowest BCUT2D eigenvalue weighted by Crippen LogP contribution is -2.59. The molecule has 2 aliphatic rings. The second kappa shape index (κ2) is 12.3. The Balaban J connectivity index is 1.58. The Kier molecular flexibility index (Phi) is 8.93. The summed E-state index contributed by atoms with van der Waals surface area (Å²) in [6, 6.07) is 6.50. The number of carbonyl (C=O) groups excluding carboxylic acids is 4. The van der Waals surface area contributed by atoms with E-state index in [-0.39, 0.29) is 47.8 Å². The molecule has 2 aromatic rings. The largest absolute Gasteiger partial charge is 0.535 e. The topological polar surface area (TPSA) is 214 Å². The first-order valence-electron chi connectivity index (χ1n) is 12.6. The van der Waals surface area contributed by atoms with Crippen molar-refractivity contribution in [2.75, 3.05) is 26.3 Å². The van der Waals surface area contributed by atoms with Crippen LogP contribution >= 0.6 is 0 Å². The second-order valence-electron chi connectivity index (χ2n) is 9.68. The smallest absolute Gasteiger partial charge is 0.526 e. The molecular formula is C25H26BFN4O10S. The number of piperazine rings is 1. The lowest BCUT2D eigenvalue weighted by molar-refractivity contribution is -0.153. The minimum Gasteiger partial charge on any atom is -0.535 e. The summed E-state index contributed by atoms with van der Waals surface area (Å²) in [4.78, 5) is 64.3. The average molecular weight is 604 g/mol. The molecule has 42 heavy (non-hydrogen) atoms. The van der Waals surface area contributed by atoms with E-state index in [2.05, 4.69) is 5.32 Å². The molecular weight excluding hydrogens is 578 g/mol. The molecule has 0 radical (unpaired) electrons. The van der Waals surface area contributed by atoms with E-state index in [0.29, 0.717) is 10.5 Å². The predicted octanol–water partition coefficient (Wildman–Crippen LogP) is -0.132. The quantitative estimate of drug-likeness (QED) is 0.220. The van der Waals surface area contributed by atoms with E-state index in [4.69, 9.17) is 9.79 Å². The number of alkyl halides is 1. The number of para-hydroxylation sites is 1. The van der Waals surface area contributed by atoms with Crippen LogP contribution in [-0.4, -0.2) is 91.4 Å². The van der Waals surface area contributed by atoms with Gasteiger partial charge in [-0.1, -0.05) is 24.3 Å². The van der Waals surface area contributed by atoms with Gasteiger partial charge < -0.3 is 25.0 Å². The summed E-state index contributed by atoms with van der Waals surface area (Å²) in [5, 5.41) is 27.6. The summed E-state index contributed by atoms with van der Waals surface area (Å²) < 4.78 is 41.5. The Morgan fingerprint density at radius 3 is 2.43 bits per heavy atom. The minimum atomic E-state index is -4.08. The standard InChI is InChI=1S/C25H26BFN4O10S/c27-8-9-30-10-11-31(23(34)22(30)33)25(37)29-20(14-4-6-17(7-5-14)42(28,39)40)19(32)13-16-12-15-2-1-3-18(24(35)36)21(15)41-26(16)38/h1-7,16,20,38H,8-13H2,(H,29,37)(H,35,36)(H2,28,39,40)/t16-,20?/m1/s1. The van der Waals surface area contributed by atoms with Crippen molar-refractivity contribution in [3.63, 3.8) is 0 Å². The Hall–Kier alpha value is -4.35. The number of carboxylic acid groups (broad SMARTS) is 1. The van der Waals surface area contributed by atoms with Gasteiger partial charge in [0.2, 0.25) is 10.0 Å². The van der Waals surface area contributed by atoms with Crippen molar-refractivity contribution in [3.05, 3.63) is 59.2 Å². The third kappa shape index (κ3) is 6.42. The number of nitrogens with zero attached hydrogens (tertiary/aromatic N) is 2. The Labute approximate surface area is 239 Å². The van der Waals surface area contributed by atoms with Gasteiger partial charge in [-0.15, -0.1) is 0 Å².